The summed E-state index contributed by atoms with van der Waals surface area (Å²) in [7, 11) is 2.05. The number of benzene rings is 2. The quantitative estimate of drug-likeness (QED) is 0.648. The van der Waals surface area contributed by atoms with Gasteiger partial charge in [-0.05, 0) is 49.3 Å². The molecule has 0 N–H and O–H groups in total. The first-order chi connectivity index (χ1) is 16.4. The van der Waals surface area contributed by atoms with Crippen molar-refractivity contribution in [2.45, 2.75) is 32.7 Å². The van der Waals surface area contributed by atoms with Gasteiger partial charge in [0.25, 0.3) is 0 Å². The summed E-state index contributed by atoms with van der Waals surface area (Å²) in [5, 5.41) is 0.460. The van der Waals surface area contributed by atoms with Crippen LogP contribution in [0.1, 0.15) is 30.9 Å². The van der Waals surface area contributed by atoms with Crippen LogP contribution in [-0.2, 0) is 22.6 Å². The lowest BCUT2D eigenvalue weighted by molar-refractivity contribution is -0.131. The van der Waals surface area contributed by atoms with Gasteiger partial charge in [-0.1, -0.05) is 29.8 Å². The van der Waals surface area contributed by atoms with Gasteiger partial charge in [0.15, 0.2) is 11.5 Å². The Labute approximate surface area is 206 Å². The van der Waals surface area contributed by atoms with Crippen LogP contribution in [0.2, 0.25) is 5.02 Å². The number of hydrogen-bond donors (Lipinski definition) is 0. The zero-order valence-electron chi connectivity index (χ0n) is 19.9. The highest BCUT2D eigenvalue weighted by Crippen LogP contribution is 2.38. The number of fused-ring (bicyclic) bond motifs is 2. The Morgan fingerprint density at radius 2 is 1.79 bits per heavy atom. The molecular formula is C26H32ClN3O4. The largest absolute Gasteiger partial charge is 0.489 e. The van der Waals surface area contributed by atoms with E-state index in [1.165, 1.54) is 0 Å². The molecule has 0 aromatic heterocycles. The Morgan fingerprint density at radius 3 is 2.62 bits per heavy atom. The predicted octanol–water partition coefficient (Wildman–Crippen LogP) is 3.76. The molecule has 0 aliphatic carbocycles. The van der Waals surface area contributed by atoms with E-state index in [0.29, 0.717) is 49.4 Å². The highest BCUT2D eigenvalue weighted by molar-refractivity contribution is 6.32. The van der Waals surface area contributed by atoms with Gasteiger partial charge in [-0.2, -0.15) is 0 Å². The first-order valence-electron chi connectivity index (χ1n) is 11.8. The Kier molecular flexibility index (Phi) is 7.95. The number of rotatable bonds is 2. The number of carbonyl (C=O) groups excluding carboxylic acids is 2. The van der Waals surface area contributed by atoms with E-state index < -0.39 is 0 Å². The van der Waals surface area contributed by atoms with Gasteiger partial charge in [0.1, 0.15) is 0 Å². The van der Waals surface area contributed by atoms with Crippen LogP contribution in [0.4, 0.5) is 5.69 Å². The van der Waals surface area contributed by atoms with Gasteiger partial charge in [0.2, 0.25) is 11.8 Å². The van der Waals surface area contributed by atoms with Crippen molar-refractivity contribution in [1.82, 2.24) is 9.80 Å². The van der Waals surface area contributed by atoms with Crippen molar-refractivity contribution in [3.8, 4) is 11.5 Å². The lowest BCUT2D eigenvalue weighted by Gasteiger charge is -2.27. The van der Waals surface area contributed by atoms with Crippen LogP contribution in [-0.4, -0.2) is 68.1 Å². The van der Waals surface area contributed by atoms with E-state index in [9.17, 15) is 9.59 Å². The van der Waals surface area contributed by atoms with E-state index in [1.807, 2.05) is 40.1 Å². The van der Waals surface area contributed by atoms with E-state index >= 15 is 0 Å². The highest BCUT2D eigenvalue weighted by atomic mass is 35.5. The van der Waals surface area contributed by atoms with Crippen molar-refractivity contribution in [3.63, 3.8) is 0 Å². The fourth-order valence-electron chi connectivity index (χ4n) is 4.43. The summed E-state index contributed by atoms with van der Waals surface area (Å²) in [4.78, 5) is 31.8. The summed E-state index contributed by atoms with van der Waals surface area (Å²) in [5.41, 5.74) is 2.63. The first-order valence-corrected chi connectivity index (χ1v) is 12.2. The number of anilines is 1. The molecule has 34 heavy (non-hydrogen) atoms. The van der Waals surface area contributed by atoms with Gasteiger partial charge >= 0.3 is 0 Å². The maximum Gasteiger partial charge on any atom is 0.227 e. The Morgan fingerprint density at radius 1 is 1.00 bits per heavy atom. The van der Waals surface area contributed by atoms with Gasteiger partial charge < -0.3 is 24.2 Å². The number of ether oxygens (including phenoxy) is 2. The summed E-state index contributed by atoms with van der Waals surface area (Å²) in [6.07, 6.45) is 1.87. The zero-order valence-corrected chi connectivity index (χ0v) is 20.6. The summed E-state index contributed by atoms with van der Waals surface area (Å²) in [6.45, 7) is 6.01. The van der Waals surface area contributed by atoms with Gasteiger partial charge in [0, 0.05) is 45.2 Å². The van der Waals surface area contributed by atoms with Crippen LogP contribution in [0.25, 0.3) is 0 Å². The van der Waals surface area contributed by atoms with Crippen LogP contribution in [0.3, 0.4) is 0 Å². The third-order valence-electron chi connectivity index (χ3n) is 6.27. The molecule has 0 bridgehead atoms. The predicted molar refractivity (Wildman–Crippen MR) is 133 cm³/mol. The fourth-order valence-corrected chi connectivity index (χ4v) is 4.72. The lowest BCUT2D eigenvalue weighted by atomic mass is 10.1. The van der Waals surface area contributed by atoms with Crippen LogP contribution < -0.4 is 14.4 Å². The number of nitrogens with zero attached hydrogens (tertiary/aromatic N) is 3. The van der Waals surface area contributed by atoms with Crippen LogP contribution >= 0.6 is 11.6 Å². The van der Waals surface area contributed by atoms with Crippen LogP contribution in [0, 0.1) is 0 Å². The second-order valence-corrected chi connectivity index (χ2v) is 9.31. The molecule has 0 fully saturated rings. The second-order valence-electron chi connectivity index (χ2n) is 8.90. The summed E-state index contributed by atoms with van der Waals surface area (Å²) < 4.78 is 11.5. The molecule has 2 heterocycles. The number of carbonyl (C=O) groups is 2. The molecule has 2 amide bonds. The minimum absolute atomic E-state index is 0.00221. The summed E-state index contributed by atoms with van der Waals surface area (Å²) in [6, 6.07) is 11.5. The summed E-state index contributed by atoms with van der Waals surface area (Å²) in [5.74, 6) is 1.15. The Bertz CT molecular complexity index is 1040. The molecule has 8 heteroatoms. The van der Waals surface area contributed by atoms with Gasteiger partial charge in [-0.3, -0.25) is 9.59 Å². The van der Waals surface area contributed by atoms with Crippen LogP contribution in [0.5, 0.6) is 11.5 Å². The first kappa shape index (κ1) is 24.4. The molecule has 4 rings (SSSR count). The second kappa shape index (κ2) is 11.1. The molecule has 7 nitrogen and oxygen atoms in total. The minimum atomic E-state index is 0.00221. The maximum absolute atomic E-state index is 13.5. The van der Waals surface area contributed by atoms with E-state index in [0.717, 1.165) is 42.7 Å². The molecule has 2 aliphatic heterocycles. The Balaban J connectivity index is 1.60. The monoisotopic (exact) mass is 485 g/mol. The SMILES string of the molecule is CC(=O)N1CCCN(C)CCN(C(=O)Cc2cc(Cl)c3c(c2)OCCCO3)Cc2ccccc21. The molecule has 0 unspecified atom stereocenters. The molecular weight excluding hydrogens is 454 g/mol. The molecule has 2 aromatic rings. The number of para-hydroxylation sites is 1. The summed E-state index contributed by atoms with van der Waals surface area (Å²) >= 11 is 6.45. The number of hydrogen-bond acceptors (Lipinski definition) is 5. The minimum Gasteiger partial charge on any atom is -0.489 e. The lowest BCUT2D eigenvalue weighted by Crippen LogP contribution is -2.38. The third-order valence-corrected chi connectivity index (χ3v) is 6.55. The van der Waals surface area contributed by atoms with Crippen molar-refractivity contribution in [2.75, 3.05) is 51.3 Å². The molecule has 0 saturated carbocycles. The molecule has 2 aliphatic rings. The third kappa shape index (κ3) is 5.83. The molecule has 0 radical (unpaired) electrons. The normalized spacial score (nSPS) is 17.4. The number of halogens is 1. The van der Waals surface area contributed by atoms with Crippen molar-refractivity contribution in [1.29, 1.82) is 0 Å². The van der Waals surface area contributed by atoms with E-state index in [1.54, 1.807) is 13.0 Å². The van der Waals surface area contributed by atoms with Crippen molar-refractivity contribution < 1.29 is 19.1 Å². The van der Waals surface area contributed by atoms with Gasteiger partial charge in [-0.15, -0.1) is 0 Å². The standard InChI is InChI=1S/C26H32ClN3O4/c1-19(31)30-10-5-9-28(2)11-12-29(18-21-7-3-4-8-23(21)30)25(32)17-20-15-22(27)26-24(16-20)33-13-6-14-34-26/h3-4,7-8,15-16H,5-6,9-14,17-18H2,1-2H3. The average molecular weight is 486 g/mol. The van der Waals surface area contributed by atoms with Crippen LogP contribution in [0.15, 0.2) is 36.4 Å². The van der Waals surface area contributed by atoms with Crippen molar-refractivity contribution in [3.05, 3.63) is 52.5 Å². The van der Waals surface area contributed by atoms with Gasteiger partial charge in [-0.25, -0.2) is 0 Å². The molecule has 182 valence electrons. The van der Waals surface area contributed by atoms with Gasteiger partial charge in [0.05, 0.1) is 24.7 Å². The van der Waals surface area contributed by atoms with Crippen molar-refractivity contribution in [2.24, 2.45) is 0 Å². The van der Waals surface area contributed by atoms with E-state index in [4.69, 9.17) is 21.1 Å². The highest BCUT2D eigenvalue weighted by Gasteiger charge is 2.23. The molecule has 0 saturated heterocycles. The number of amides is 2. The van der Waals surface area contributed by atoms with Crippen molar-refractivity contribution >= 4 is 29.1 Å². The smallest absolute Gasteiger partial charge is 0.227 e. The molecule has 0 spiro atoms. The van der Waals surface area contributed by atoms with E-state index in [-0.39, 0.29) is 18.2 Å². The topological polar surface area (TPSA) is 62.3 Å². The molecule has 0 atom stereocenters. The van der Waals surface area contributed by atoms with E-state index in [2.05, 4.69) is 11.9 Å². The fraction of sp³-hybridized carbons (Fsp3) is 0.462. The zero-order chi connectivity index (χ0) is 24.1. The maximum atomic E-state index is 13.5. The average Bonchev–Trinajstić information content (AvgIpc) is 3.06. The number of likely N-dealkylation sites (N-methyl/N-ethyl adjacent to an activating group) is 1. The Hall–Kier alpha value is -2.77. The molecule has 2 aromatic carbocycles.